The van der Waals surface area contributed by atoms with Crippen molar-refractivity contribution in [1.29, 1.82) is 0 Å². The first kappa shape index (κ1) is 14.0. The minimum absolute atomic E-state index is 0.114. The maximum absolute atomic E-state index is 13.2. The van der Waals surface area contributed by atoms with Crippen LogP contribution in [0.25, 0.3) is 0 Å². The third kappa shape index (κ3) is 3.30. The standard InChI is InChI=1S/C14H19FN2O2/c1-14(2,16)13(18)17-6-7-19-12(9-17)10-4-3-5-11(15)8-10/h3-5,8,12H,6-7,9,16H2,1-2H3. The highest BCUT2D eigenvalue weighted by Gasteiger charge is 2.32. The Labute approximate surface area is 112 Å². The summed E-state index contributed by atoms with van der Waals surface area (Å²) >= 11 is 0. The fourth-order valence-corrected chi connectivity index (χ4v) is 2.15. The molecule has 1 aliphatic rings. The van der Waals surface area contributed by atoms with Gasteiger partial charge in [0, 0.05) is 6.54 Å². The molecule has 5 heteroatoms. The quantitative estimate of drug-likeness (QED) is 0.881. The van der Waals surface area contributed by atoms with Gasteiger partial charge in [0.1, 0.15) is 11.9 Å². The Morgan fingerprint density at radius 1 is 1.53 bits per heavy atom. The molecule has 104 valence electrons. The Morgan fingerprint density at radius 3 is 2.89 bits per heavy atom. The first-order valence-electron chi connectivity index (χ1n) is 6.33. The van der Waals surface area contributed by atoms with Gasteiger partial charge < -0.3 is 15.4 Å². The Balaban J connectivity index is 2.11. The lowest BCUT2D eigenvalue weighted by molar-refractivity contribution is -0.143. The van der Waals surface area contributed by atoms with E-state index in [-0.39, 0.29) is 17.8 Å². The number of ether oxygens (including phenoxy) is 1. The predicted octanol–water partition coefficient (Wildman–Crippen LogP) is 1.46. The molecule has 1 heterocycles. The molecular formula is C14H19FN2O2. The van der Waals surface area contributed by atoms with E-state index >= 15 is 0 Å². The minimum Gasteiger partial charge on any atom is -0.370 e. The van der Waals surface area contributed by atoms with E-state index in [1.807, 2.05) is 0 Å². The van der Waals surface area contributed by atoms with E-state index < -0.39 is 5.54 Å². The van der Waals surface area contributed by atoms with Crippen LogP contribution >= 0.6 is 0 Å². The highest BCUT2D eigenvalue weighted by Crippen LogP contribution is 2.23. The van der Waals surface area contributed by atoms with Crippen molar-refractivity contribution >= 4 is 5.91 Å². The van der Waals surface area contributed by atoms with Gasteiger partial charge in [-0.25, -0.2) is 4.39 Å². The Kier molecular flexibility index (Phi) is 3.87. The Morgan fingerprint density at radius 2 is 2.26 bits per heavy atom. The van der Waals surface area contributed by atoms with Crippen LogP contribution < -0.4 is 5.73 Å². The summed E-state index contributed by atoms with van der Waals surface area (Å²) in [4.78, 5) is 13.8. The number of hydrogen-bond acceptors (Lipinski definition) is 3. The van der Waals surface area contributed by atoms with Crippen LogP contribution in [0.3, 0.4) is 0 Å². The van der Waals surface area contributed by atoms with Crippen molar-refractivity contribution in [1.82, 2.24) is 4.90 Å². The lowest BCUT2D eigenvalue weighted by Gasteiger charge is -2.36. The average molecular weight is 266 g/mol. The molecule has 1 aliphatic heterocycles. The fraction of sp³-hybridized carbons (Fsp3) is 0.500. The van der Waals surface area contributed by atoms with Gasteiger partial charge in [0.2, 0.25) is 5.91 Å². The van der Waals surface area contributed by atoms with Crippen LogP contribution in [0.1, 0.15) is 25.5 Å². The average Bonchev–Trinajstić information content (AvgIpc) is 2.37. The van der Waals surface area contributed by atoms with Crippen LogP contribution in [0.15, 0.2) is 24.3 Å². The molecule has 19 heavy (non-hydrogen) atoms. The molecule has 4 nitrogen and oxygen atoms in total. The van der Waals surface area contributed by atoms with Gasteiger partial charge in [-0.05, 0) is 31.5 Å². The number of hydrogen-bond donors (Lipinski definition) is 1. The third-order valence-corrected chi connectivity index (χ3v) is 3.13. The van der Waals surface area contributed by atoms with Gasteiger partial charge in [-0.2, -0.15) is 0 Å². The smallest absolute Gasteiger partial charge is 0.242 e. The fourth-order valence-electron chi connectivity index (χ4n) is 2.15. The number of benzene rings is 1. The SMILES string of the molecule is CC(C)(N)C(=O)N1CCOC(c2cccc(F)c2)C1. The van der Waals surface area contributed by atoms with Gasteiger partial charge in [0.15, 0.2) is 0 Å². The second-order valence-corrected chi connectivity index (χ2v) is 5.39. The summed E-state index contributed by atoms with van der Waals surface area (Å²) in [6.07, 6.45) is -0.296. The third-order valence-electron chi connectivity index (χ3n) is 3.13. The molecule has 1 saturated heterocycles. The molecule has 2 rings (SSSR count). The van der Waals surface area contributed by atoms with Crippen LogP contribution in [0, 0.1) is 5.82 Å². The van der Waals surface area contributed by atoms with Gasteiger partial charge in [-0.1, -0.05) is 12.1 Å². The van der Waals surface area contributed by atoms with Crippen LogP contribution in [-0.4, -0.2) is 36.0 Å². The van der Waals surface area contributed by atoms with Crippen molar-refractivity contribution in [3.05, 3.63) is 35.6 Å². The lowest BCUT2D eigenvalue weighted by atomic mass is 10.0. The number of morpholine rings is 1. The lowest BCUT2D eigenvalue weighted by Crippen LogP contribution is -2.54. The number of halogens is 1. The summed E-state index contributed by atoms with van der Waals surface area (Å²) in [5.41, 5.74) is 5.67. The summed E-state index contributed by atoms with van der Waals surface area (Å²) in [7, 11) is 0. The zero-order chi connectivity index (χ0) is 14.0. The molecule has 0 aliphatic carbocycles. The summed E-state index contributed by atoms with van der Waals surface area (Å²) in [5.74, 6) is -0.416. The number of nitrogens with two attached hydrogens (primary N) is 1. The molecule has 1 aromatic carbocycles. The molecule has 1 fully saturated rings. The van der Waals surface area contributed by atoms with Crippen molar-refractivity contribution in [2.24, 2.45) is 5.73 Å². The van der Waals surface area contributed by atoms with Gasteiger partial charge in [0.05, 0.1) is 18.7 Å². The summed E-state index contributed by atoms with van der Waals surface area (Å²) in [6, 6.07) is 6.27. The van der Waals surface area contributed by atoms with Gasteiger partial charge in [-0.3, -0.25) is 4.79 Å². The molecule has 2 N–H and O–H groups in total. The minimum atomic E-state index is -0.899. The largest absolute Gasteiger partial charge is 0.370 e. The van der Waals surface area contributed by atoms with Crippen molar-refractivity contribution in [3.63, 3.8) is 0 Å². The summed E-state index contributed by atoms with van der Waals surface area (Å²) in [5, 5.41) is 0. The van der Waals surface area contributed by atoms with Crippen LogP contribution in [0.5, 0.6) is 0 Å². The number of carbonyl (C=O) groups excluding carboxylic acids is 1. The molecule has 1 amide bonds. The predicted molar refractivity (Wildman–Crippen MR) is 69.9 cm³/mol. The molecule has 0 bridgehead atoms. The summed E-state index contributed by atoms with van der Waals surface area (Å²) < 4.78 is 18.8. The van der Waals surface area contributed by atoms with Gasteiger partial charge in [0.25, 0.3) is 0 Å². The zero-order valence-corrected chi connectivity index (χ0v) is 11.2. The molecule has 1 unspecified atom stereocenters. The van der Waals surface area contributed by atoms with Crippen molar-refractivity contribution < 1.29 is 13.9 Å². The normalized spacial score (nSPS) is 20.4. The van der Waals surface area contributed by atoms with E-state index in [2.05, 4.69) is 0 Å². The van der Waals surface area contributed by atoms with E-state index in [9.17, 15) is 9.18 Å². The number of carbonyl (C=O) groups is 1. The molecule has 0 saturated carbocycles. The van der Waals surface area contributed by atoms with Crippen LogP contribution in [0.4, 0.5) is 4.39 Å². The highest BCUT2D eigenvalue weighted by atomic mass is 19.1. The molecule has 0 spiro atoms. The number of nitrogens with zero attached hydrogens (tertiary/aromatic N) is 1. The Hall–Kier alpha value is -1.46. The Bertz CT molecular complexity index is 471. The second-order valence-electron chi connectivity index (χ2n) is 5.39. The van der Waals surface area contributed by atoms with Crippen molar-refractivity contribution in [2.45, 2.75) is 25.5 Å². The van der Waals surface area contributed by atoms with Crippen LogP contribution in [0.2, 0.25) is 0 Å². The number of amides is 1. The topological polar surface area (TPSA) is 55.6 Å². The number of rotatable bonds is 2. The highest BCUT2D eigenvalue weighted by molar-refractivity contribution is 5.85. The maximum Gasteiger partial charge on any atom is 0.242 e. The van der Waals surface area contributed by atoms with E-state index in [0.717, 1.165) is 5.56 Å². The molecule has 1 atom stereocenters. The van der Waals surface area contributed by atoms with E-state index in [1.54, 1.807) is 30.9 Å². The van der Waals surface area contributed by atoms with Gasteiger partial charge in [-0.15, -0.1) is 0 Å². The molecule has 1 aromatic rings. The summed E-state index contributed by atoms with van der Waals surface area (Å²) in [6.45, 7) is 4.72. The van der Waals surface area contributed by atoms with Crippen molar-refractivity contribution in [3.8, 4) is 0 Å². The molecule has 0 aromatic heterocycles. The van der Waals surface area contributed by atoms with E-state index in [0.29, 0.717) is 19.7 Å². The molecular weight excluding hydrogens is 247 g/mol. The zero-order valence-electron chi connectivity index (χ0n) is 11.2. The van der Waals surface area contributed by atoms with Gasteiger partial charge >= 0.3 is 0 Å². The molecule has 0 radical (unpaired) electrons. The van der Waals surface area contributed by atoms with Crippen LogP contribution in [-0.2, 0) is 9.53 Å². The van der Waals surface area contributed by atoms with E-state index in [4.69, 9.17) is 10.5 Å². The first-order valence-corrected chi connectivity index (χ1v) is 6.33. The van der Waals surface area contributed by atoms with E-state index in [1.165, 1.54) is 12.1 Å². The maximum atomic E-state index is 13.2. The second kappa shape index (κ2) is 5.27. The first-order chi connectivity index (χ1) is 8.88. The monoisotopic (exact) mass is 266 g/mol. The van der Waals surface area contributed by atoms with Crippen molar-refractivity contribution in [2.75, 3.05) is 19.7 Å².